The van der Waals surface area contributed by atoms with Crippen LogP contribution in [0.5, 0.6) is 5.75 Å². The first kappa shape index (κ1) is 15.4. The fraction of sp³-hybridized carbons (Fsp3) is 0. The Morgan fingerprint density at radius 2 is 1.76 bits per heavy atom. The van der Waals surface area contributed by atoms with Gasteiger partial charge in [0.1, 0.15) is 5.75 Å². The zero-order valence-electron chi connectivity index (χ0n) is 13.1. The second-order valence-corrected chi connectivity index (χ2v) is 7.52. The van der Waals surface area contributed by atoms with Crippen LogP contribution in [0.4, 0.5) is 0 Å². The number of phenols is 1. The molecule has 0 unspecified atom stereocenters. The summed E-state index contributed by atoms with van der Waals surface area (Å²) in [7, 11) is -3.77. The Balaban J connectivity index is 1.87. The fourth-order valence-corrected chi connectivity index (χ4v) is 4.34. The Bertz CT molecular complexity index is 1160. The SMILES string of the molecule is O=S(=O)(c1ccc(-n2cccc2)c(O)c1)c1cccc2cnccc12. The smallest absolute Gasteiger partial charge is 0.207 e. The summed E-state index contributed by atoms with van der Waals surface area (Å²) in [4.78, 5) is 4.27. The summed E-state index contributed by atoms with van der Waals surface area (Å²) in [6.45, 7) is 0. The van der Waals surface area contributed by atoms with E-state index >= 15 is 0 Å². The monoisotopic (exact) mass is 350 g/mol. The van der Waals surface area contributed by atoms with Crippen LogP contribution in [0.2, 0.25) is 0 Å². The molecule has 0 aliphatic carbocycles. The lowest BCUT2D eigenvalue weighted by molar-refractivity contribution is 0.470. The van der Waals surface area contributed by atoms with E-state index in [0.29, 0.717) is 11.1 Å². The van der Waals surface area contributed by atoms with Crippen molar-refractivity contribution in [3.8, 4) is 11.4 Å². The maximum atomic E-state index is 13.1. The molecule has 0 bridgehead atoms. The summed E-state index contributed by atoms with van der Waals surface area (Å²) in [6.07, 6.45) is 6.75. The minimum absolute atomic E-state index is 0.0465. The number of hydrogen-bond acceptors (Lipinski definition) is 4. The lowest BCUT2D eigenvalue weighted by atomic mass is 10.2. The highest BCUT2D eigenvalue weighted by Crippen LogP contribution is 2.31. The van der Waals surface area contributed by atoms with E-state index in [0.717, 1.165) is 5.39 Å². The molecular formula is C19H14N2O3S. The molecule has 0 fully saturated rings. The van der Waals surface area contributed by atoms with E-state index in [4.69, 9.17) is 0 Å². The highest BCUT2D eigenvalue weighted by atomic mass is 32.2. The minimum Gasteiger partial charge on any atom is -0.506 e. The average Bonchev–Trinajstić information content (AvgIpc) is 3.15. The van der Waals surface area contributed by atoms with Gasteiger partial charge in [-0.05, 0) is 36.4 Å². The maximum Gasteiger partial charge on any atom is 0.207 e. The number of rotatable bonds is 3. The zero-order chi connectivity index (χ0) is 17.4. The van der Waals surface area contributed by atoms with E-state index in [1.807, 2.05) is 18.2 Å². The third-order valence-corrected chi connectivity index (χ3v) is 5.88. The number of benzene rings is 2. The molecule has 0 radical (unpaired) electrons. The van der Waals surface area contributed by atoms with Gasteiger partial charge in [0.2, 0.25) is 9.84 Å². The summed E-state index contributed by atoms with van der Waals surface area (Å²) < 4.78 is 27.8. The van der Waals surface area contributed by atoms with Crippen molar-refractivity contribution in [2.24, 2.45) is 0 Å². The van der Waals surface area contributed by atoms with Crippen LogP contribution in [0, 0.1) is 0 Å². The van der Waals surface area contributed by atoms with Gasteiger partial charge >= 0.3 is 0 Å². The largest absolute Gasteiger partial charge is 0.506 e. The number of nitrogens with zero attached hydrogens (tertiary/aromatic N) is 2. The molecule has 0 saturated heterocycles. The molecule has 0 spiro atoms. The Labute approximate surface area is 144 Å². The highest BCUT2D eigenvalue weighted by molar-refractivity contribution is 7.91. The number of aromatic hydroxyl groups is 1. The quantitative estimate of drug-likeness (QED) is 0.613. The van der Waals surface area contributed by atoms with Crippen LogP contribution in [0.3, 0.4) is 0 Å². The molecule has 6 heteroatoms. The molecule has 5 nitrogen and oxygen atoms in total. The molecule has 124 valence electrons. The molecule has 4 rings (SSSR count). The van der Waals surface area contributed by atoms with E-state index in [1.165, 1.54) is 12.1 Å². The molecule has 0 aliphatic heterocycles. The van der Waals surface area contributed by atoms with Gasteiger partial charge in [-0.15, -0.1) is 0 Å². The molecular weight excluding hydrogens is 336 g/mol. The van der Waals surface area contributed by atoms with Crippen molar-refractivity contribution in [1.29, 1.82) is 0 Å². The molecule has 25 heavy (non-hydrogen) atoms. The Morgan fingerprint density at radius 1 is 0.960 bits per heavy atom. The first-order valence-corrected chi connectivity index (χ1v) is 9.10. The maximum absolute atomic E-state index is 13.1. The molecule has 0 aliphatic rings. The Morgan fingerprint density at radius 3 is 2.52 bits per heavy atom. The summed E-state index contributed by atoms with van der Waals surface area (Å²) in [5.41, 5.74) is 0.520. The third kappa shape index (κ3) is 2.56. The average molecular weight is 350 g/mol. The molecule has 1 N–H and O–H groups in total. The van der Waals surface area contributed by atoms with E-state index < -0.39 is 9.84 Å². The number of sulfone groups is 1. The van der Waals surface area contributed by atoms with Crippen molar-refractivity contribution >= 4 is 20.6 Å². The number of fused-ring (bicyclic) bond motifs is 1. The predicted octanol–water partition coefficient (Wildman–Crippen LogP) is 3.56. The molecule has 0 amide bonds. The Kier molecular flexibility index (Phi) is 3.54. The lowest BCUT2D eigenvalue weighted by Crippen LogP contribution is -2.03. The van der Waals surface area contributed by atoms with Crippen molar-refractivity contribution in [3.63, 3.8) is 0 Å². The van der Waals surface area contributed by atoms with Gasteiger partial charge in [-0.2, -0.15) is 0 Å². The lowest BCUT2D eigenvalue weighted by Gasteiger charge is -2.11. The van der Waals surface area contributed by atoms with Gasteiger partial charge in [-0.3, -0.25) is 4.98 Å². The number of aromatic nitrogens is 2. The second-order valence-electron chi connectivity index (χ2n) is 5.60. The molecule has 2 aromatic heterocycles. The van der Waals surface area contributed by atoms with Crippen LogP contribution in [-0.2, 0) is 9.84 Å². The molecule has 0 atom stereocenters. The number of pyridine rings is 1. The fourth-order valence-electron chi connectivity index (χ4n) is 2.84. The van der Waals surface area contributed by atoms with Gasteiger partial charge in [-0.1, -0.05) is 12.1 Å². The van der Waals surface area contributed by atoms with Crippen molar-refractivity contribution in [3.05, 3.63) is 79.4 Å². The van der Waals surface area contributed by atoms with Gasteiger partial charge < -0.3 is 9.67 Å². The van der Waals surface area contributed by atoms with Crippen LogP contribution < -0.4 is 0 Å². The van der Waals surface area contributed by atoms with Crippen LogP contribution in [0.1, 0.15) is 0 Å². The van der Waals surface area contributed by atoms with Crippen molar-refractivity contribution < 1.29 is 13.5 Å². The van der Waals surface area contributed by atoms with Crippen LogP contribution in [0.25, 0.3) is 16.5 Å². The summed E-state index contributed by atoms with van der Waals surface area (Å²) in [5, 5.41) is 11.6. The Hall–Kier alpha value is -3.12. The van der Waals surface area contributed by atoms with Crippen molar-refractivity contribution in [2.45, 2.75) is 9.79 Å². The van der Waals surface area contributed by atoms with Crippen molar-refractivity contribution in [1.82, 2.24) is 9.55 Å². The molecule has 2 heterocycles. The highest BCUT2D eigenvalue weighted by Gasteiger charge is 2.21. The normalized spacial score (nSPS) is 11.7. The second kappa shape index (κ2) is 5.75. The third-order valence-electron chi connectivity index (χ3n) is 4.07. The van der Waals surface area contributed by atoms with Crippen molar-refractivity contribution in [2.75, 3.05) is 0 Å². The zero-order valence-corrected chi connectivity index (χ0v) is 13.9. The van der Waals surface area contributed by atoms with Crippen LogP contribution in [0.15, 0.2) is 89.2 Å². The number of hydrogen-bond donors (Lipinski definition) is 1. The topological polar surface area (TPSA) is 72.2 Å². The summed E-state index contributed by atoms with van der Waals surface area (Å²) >= 11 is 0. The first-order valence-electron chi connectivity index (χ1n) is 7.61. The van der Waals surface area contributed by atoms with Gasteiger partial charge in [0, 0.05) is 41.6 Å². The van der Waals surface area contributed by atoms with Crippen LogP contribution in [-0.4, -0.2) is 23.1 Å². The van der Waals surface area contributed by atoms with Gasteiger partial charge in [0.05, 0.1) is 15.5 Å². The van der Waals surface area contributed by atoms with Gasteiger partial charge in [0.25, 0.3) is 0 Å². The van der Waals surface area contributed by atoms with Gasteiger partial charge in [0.15, 0.2) is 0 Å². The van der Waals surface area contributed by atoms with E-state index in [9.17, 15) is 13.5 Å². The molecule has 2 aromatic carbocycles. The standard InChI is InChI=1S/C19H14N2O3S/c22-18-12-15(6-7-17(18)21-10-1-2-11-21)25(23,24)19-5-3-4-14-13-20-9-8-16(14)19/h1-13,22H. The summed E-state index contributed by atoms with van der Waals surface area (Å²) in [5.74, 6) is -0.0980. The van der Waals surface area contributed by atoms with E-state index in [2.05, 4.69) is 4.98 Å². The molecule has 0 saturated carbocycles. The minimum atomic E-state index is -3.77. The van der Waals surface area contributed by atoms with E-state index in [-0.39, 0.29) is 15.5 Å². The van der Waals surface area contributed by atoms with Gasteiger partial charge in [-0.25, -0.2) is 8.42 Å². The molecule has 4 aromatic rings. The summed E-state index contributed by atoms with van der Waals surface area (Å²) in [6, 6.07) is 14.8. The predicted molar refractivity (Wildman–Crippen MR) is 94.6 cm³/mol. The van der Waals surface area contributed by atoms with Crippen LogP contribution >= 0.6 is 0 Å². The first-order chi connectivity index (χ1) is 12.1. The number of phenolic OH excluding ortho intramolecular Hbond substituents is 1. The van der Waals surface area contributed by atoms with E-state index in [1.54, 1.807) is 53.6 Å².